The first kappa shape index (κ1) is 19.5. The molecule has 0 aliphatic carbocycles. The summed E-state index contributed by atoms with van der Waals surface area (Å²) in [6.07, 6.45) is 1.54. The van der Waals surface area contributed by atoms with Gasteiger partial charge in [-0.25, -0.2) is 0 Å². The van der Waals surface area contributed by atoms with E-state index in [4.69, 9.17) is 23.2 Å². The van der Waals surface area contributed by atoms with Crippen LogP contribution in [0.2, 0.25) is 10.0 Å². The lowest BCUT2D eigenvalue weighted by Crippen LogP contribution is -2.25. The first-order valence-corrected chi connectivity index (χ1v) is 9.32. The highest BCUT2D eigenvalue weighted by Gasteiger charge is 2.22. The van der Waals surface area contributed by atoms with Crippen molar-refractivity contribution in [3.05, 3.63) is 63.2 Å². The normalized spacial score (nSPS) is 12.2. The Morgan fingerprint density at radius 1 is 1.15 bits per heavy atom. The summed E-state index contributed by atoms with van der Waals surface area (Å²) in [5.74, 6) is -0.171. The summed E-state index contributed by atoms with van der Waals surface area (Å²) >= 11 is 12.0. The van der Waals surface area contributed by atoms with Crippen LogP contribution in [0, 0.1) is 20.8 Å². The molecule has 142 valence electrons. The van der Waals surface area contributed by atoms with Gasteiger partial charge in [-0.2, -0.15) is 10.2 Å². The van der Waals surface area contributed by atoms with E-state index in [0.717, 1.165) is 28.3 Å². The average Bonchev–Trinajstić information content (AvgIpc) is 3.10. The van der Waals surface area contributed by atoms with Gasteiger partial charge in [0, 0.05) is 5.02 Å². The first-order valence-electron chi connectivity index (χ1n) is 8.57. The monoisotopic (exact) mass is 405 g/mol. The van der Waals surface area contributed by atoms with E-state index in [9.17, 15) is 4.79 Å². The molecule has 1 aromatic carbocycles. The molecule has 0 spiro atoms. The van der Waals surface area contributed by atoms with E-state index < -0.39 is 6.04 Å². The average molecular weight is 406 g/mol. The molecule has 27 heavy (non-hydrogen) atoms. The summed E-state index contributed by atoms with van der Waals surface area (Å²) in [4.78, 5) is 12.7. The summed E-state index contributed by atoms with van der Waals surface area (Å²) in [6.45, 7) is 8.03. The van der Waals surface area contributed by atoms with Crippen LogP contribution in [-0.4, -0.2) is 25.5 Å². The third-order valence-corrected chi connectivity index (χ3v) is 5.23. The van der Waals surface area contributed by atoms with Crippen LogP contribution in [0.15, 0.2) is 30.5 Å². The zero-order valence-electron chi connectivity index (χ0n) is 15.6. The number of hydrogen-bond donors (Lipinski definition) is 1. The van der Waals surface area contributed by atoms with E-state index >= 15 is 0 Å². The predicted molar refractivity (Wildman–Crippen MR) is 108 cm³/mol. The number of nitrogens with zero attached hydrogens (tertiary/aromatic N) is 4. The van der Waals surface area contributed by atoms with Crippen LogP contribution in [0.3, 0.4) is 0 Å². The Labute approximate surface area is 168 Å². The summed E-state index contributed by atoms with van der Waals surface area (Å²) in [5.41, 5.74) is 4.21. The van der Waals surface area contributed by atoms with E-state index in [1.807, 2.05) is 49.7 Å². The quantitative estimate of drug-likeness (QED) is 0.676. The Kier molecular flexibility index (Phi) is 5.58. The lowest BCUT2D eigenvalue weighted by atomic mass is 10.2. The fourth-order valence-electron chi connectivity index (χ4n) is 2.93. The van der Waals surface area contributed by atoms with Gasteiger partial charge in [-0.1, -0.05) is 35.3 Å². The molecule has 2 aromatic heterocycles. The molecule has 1 atom stereocenters. The minimum atomic E-state index is -0.490. The maximum Gasteiger partial charge on any atom is 0.249 e. The topological polar surface area (TPSA) is 64.7 Å². The molecule has 1 amide bonds. The van der Waals surface area contributed by atoms with Gasteiger partial charge in [-0.3, -0.25) is 14.2 Å². The zero-order valence-corrected chi connectivity index (χ0v) is 17.1. The van der Waals surface area contributed by atoms with Crippen molar-refractivity contribution in [2.24, 2.45) is 0 Å². The van der Waals surface area contributed by atoms with Crippen molar-refractivity contribution >= 4 is 34.8 Å². The third kappa shape index (κ3) is 4.01. The van der Waals surface area contributed by atoms with E-state index in [1.165, 1.54) is 0 Å². The van der Waals surface area contributed by atoms with Crippen LogP contribution >= 0.6 is 23.2 Å². The zero-order chi connectivity index (χ0) is 19.7. The molecule has 0 saturated carbocycles. The summed E-state index contributed by atoms with van der Waals surface area (Å²) < 4.78 is 3.48. The molecule has 0 radical (unpaired) electrons. The number of carbonyl (C=O) groups excluding carboxylic acids is 1. The van der Waals surface area contributed by atoms with Gasteiger partial charge in [0.05, 0.1) is 40.5 Å². The molecule has 0 aliphatic rings. The Hall–Kier alpha value is -2.31. The lowest BCUT2D eigenvalue weighted by molar-refractivity contribution is -0.119. The second-order valence-electron chi connectivity index (χ2n) is 6.52. The van der Waals surface area contributed by atoms with E-state index in [2.05, 4.69) is 15.5 Å². The molecule has 8 heteroatoms. The summed E-state index contributed by atoms with van der Waals surface area (Å²) in [5, 5.41) is 13.0. The number of anilines is 1. The van der Waals surface area contributed by atoms with Gasteiger partial charge in [0.2, 0.25) is 5.91 Å². The number of nitrogens with one attached hydrogen (secondary N) is 1. The van der Waals surface area contributed by atoms with Crippen LogP contribution in [0.25, 0.3) is 0 Å². The van der Waals surface area contributed by atoms with Gasteiger partial charge < -0.3 is 5.32 Å². The van der Waals surface area contributed by atoms with Gasteiger partial charge in [0.1, 0.15) is 6.04 Å². The van der Waals surface area contributed by atoms with Crippen molar-refractivity contribution in [2.45, 2.75) is 40.3 Å². The Morgan fingerprint density at radius 3 is 2.41 bits per heavy atom. The predicted octanol–water partition coefficient (Wildman–Crippen LogP) is 4.56. The van der Waals surface area contributed by atoms with Crippen molar-refractivity contribution in [2.75, 3.05) is 5.32 Å². The Balaban J connectivity index is 1.79. The molecular weight excluding hydrogens is 385 g/mol. The van der Waals surface area contributed by atoms with Gasteiger partial charge in [-0.15, -0.1) is 0 Å². The molecule has 3 aromatic rings. The summed E-state index contributed by atoms with van der Waals surface area (Å²) in [7, 11) is 0. The standard InChI is InChI=1S/C19H21Cl2N5O/c1-11-18(23-19(27)14(4)26-12(2)17(21)9-22-26)13(3)25(24-11)10-15-5-7-16(20)8-6-15/h5-9,14H,10H2,1-4H3,(H,23,27). The molecule has 6 nitrogen and oxygen atoms in total. The highest BCUT2D eigenvalue weighted by atomic mass is 35.5. The third-order valence-electron chi connectivity index (χ3n) is 4.61. The van der Waals surface area contributed by atoms with Crippen LogP contribution in [-0.2, 0) is 11.3 Å². The number of halogens is 2. The first-order chi connectivity index (χ1) is 12.8. The van der Waals surface area contributed by atoms with Crippen molar-refractivity contribution in [1.29, 1.82) is 0 Å². The highest BCUT2D eigenvalue weighted by molar-refractivity contribution is 6.31. The number of aryl methyl sites for hydroxylation is 1. The fraction of sp³-hybridized carbons (Fsp3) is 0.316. The molecule has 0 aliphatic heterocycles. The van der Waals surface area contributed by atoms with Crippen LogP contribution in [0.4, 0.5) is 5.69 Å². The molecule has 0 fully saturated rings. The largest absolute Gasteiger partial charge is 0.321 e. The Bertz CT molecular complexity index is 975. The molecule has 1 unspecified atom stereocenters. The molecule has 3 rings (SSSR count). The highest BCUT2D eigenvalue weighted by Crippen LogP contribution is 2.23. The van der Waals surface area contributed by atoms with Crippen molar-refractivity contribution < 1.29 is 4.79 Å². The minimum Gasteiger partial charge on any atom is -0.321 e. The van der Waals surface area contributed by atoms with Crippen LogP contribution < -0.4 is 5.32 Å². The van der Waals surface area contributed by atoms with Crippen LogP contribution in [0.1, 0.15) is 35.6 Å². The van der Waals surface area contributed by atoms with Crippen molar-refractivity contribution in [3.63, 3.8) is 0 Å². The smallest absolute Gasteiger partial charge is 0.249 e. The molecular formula is C19H21Cl2N5O. The molecule has 0 bridgehead atoms. The number of rotatable bonds is 5. The van der Waals surface area contributed by atoms with Gasteiger partial charge in [-0.05, 0) is 45.4 Å². The number of benzene rings is 1. The summed E-state index contributed by atoms with van der Waals surface area (Å²) in [6, 6.07) is 7.14. The number of amides is 1. The van der Waals surface area contributed by atoms with Gasteiger partial charge >= 0.3 is 0 Å². The number of hydrogen-bond acceptors (Lipinski definition) is 3. The molecule has 2 heterocycles. The molecule has 0 saturated heterocycles. The second-order valence-corrected chi connectivity index (χ2v) is 7.36. The Morgan fingerprint density at radius 2 is 1.81 bits per heavy atom. The van der Waals surface area contributed by atoms with Gasteiger partial charge in [0.25, 0.3) is 0 Å². The number of aromatic nitrogens is 4. The van der Waals surface area contributed by atoms with Crippen LogP contribution in [0.5, 0.6) is 0 Å². The van der Waals surface area contributed by atoms with Gasteiger partial charge in [0.15, 0.2) is 0 Å². The van der Waals surface area contributed by atoms with E-state index in [0.29, 0.717) is 16.6 Å². The minimum absolute atomic E-state index is 0.171. The second kappa shape index (κ2) is 7.74. The lowest BCUT2D eigenvalue weighted by Gasteiger charge is -2.15. The maximum atomic E-state index is 12.7. The maximum absolute atomic E-state index is 12.7. The fourth-order valence-corrected chi connectivity index (χ4v) is 3.18. The van der Waals surface area contributed by atoms with E-state index in [-0.39, 0.29) is 5.91 Å². The van der Waals surface area contributed by atoms with Crippen molar-refractivity contribution in [3.8, 4) is 0 Å². The molecule has 1 N–H and O–H groups in total. The SMILES string of the molecule is Cc1nn(Cc2ccc(Cl)cc2)c(C)c1NC(=O)C(C)n1ncc(Cl)c1C. The van der Waals surface area contributed by atoms with E-state index in [1.54, 1.807) is 17.8 Å². The van der Waals surface area contributed by atoms with Crippen molar-refractivity contribution in [1.82, 2.24) is 19.6 Å². The number of carbonyl (C=O) groups is 1.